The summed E-state index contributed by atoms with van der Waals surface area (Å²) in [4.78, 5) is 27.9. The fourth-order valence-electron chi connectivity index (χ4n) is 3.60. The number of benzene rings is 2. The van der Waals surface area contributed by atoms with Crippen molar-refractivity contribution in [2.45, 2.75) is 45.7 Å². The number of nitrogens with one attached hydrogen (secondary N) is 1. The lowest BCUT2D eigenvalue weighted by molar-refractivity contribution is -0.140. The molecule has 0 unspecified atom stereocenters. The van der Waals surface area contributed by atoms with Crippen LogP contribution in [-0.4, -0.2) is 57.6 Å². The number of sulfonamides is 1. The maximum Gasteiger partial charge on any atom is 0.244 e. The van der Waals surface area contributed by atoms with Crippen LogP contribution in [0.2, 0.25) is 0 Å². The number of nitrogens with zero attached hydrogens (tertiary/aromatic N) is 2. The van der Waals surface area contributed by atoms with Crippen LogP contribution in [0.5, 0.6) is 5.75 Å². The molecule has 2 aromatic rings. The quantitative estimate of drug-likeness (QED) is 0.420. The van der Waals surface area contributed by atoms with E-state index < -0.39 is 34.3 Å². The summed E-state index contributed by atoms with van der Waals surface area (Å²) < 4.78 is 44.9. The van der Waals surface area contributed by atoms with E-state index in [0.717, 1.165) is 35.0 Å². The van der Waals surface area contributed by atoms with E-state index in [4.69, 9.17) is 4.74 Å². The molecule has 0 aliphatic heterocycles. The predicted octanol–water partition coefficient (Wildman–Crippen LogP) is 3.32. The number of anilines is 1. The third-order valence-corrected chi connectivity index (χ3v) is 6.64. The fourth-order valence-corrected chi connectivity index (χ4v) is 4.44. The van der Waals surface area contributed by atoms with E-state index in [9.17, 15) is 22.4 Å². The van der Waals surface area contributed by atoms with Crippen LogP contribution in [0, 0.1) is 5.82 Å². The first-order valence-corrected chi connectivity index (χ1v) is 13.4. The molecule has 0 aliphatic carbocycles. The molecule has 2 aromatic carbocycles. The Balaban J connectivity index is 2.39. The number of unbranched alkanes of at least 4 members (excludes halogenated alkanes) is 1. The largest absolute Gasteiger partial charge is 0.497 e. The molecular formula is C25H34FN3O5S. The summed E-state index contributed by atoms with van der Waals surface area (Å²) in [5.41, 5.74) is 0.779. The molecule has 2 amide bonds. The number of hydrogen-bond acceptors (Lipinski definition) is 5. The topological polar surface area (TPSA) is 96.0 Å². The minimum atomic E-state index is -3.91. The van der Waals surface area contributed by atoms with Crippen molar-refractivity contribution in [3.63, 3.8) is 0 Å². The minimum Gasteiger partial charge on any atom is -0.497 e. The molecule has 10 heteroatoms. The van der Waals surface area contributed by atoms with Crippen molar-refractivity contribution < 1.29 is 27.1 Å². The van der Waals surface area contributed by atoms with Crippen LogP contribution in [0.4, 0.5) is 10.1 Å². The Bertz CT molecular complexity index is 1090. The zero-order valence-corrected chi connectivity index (χ0v) is 21.5. The van der Waals surface area contributed by atoms with Crippen LogP contribution >= 0.6 is 0 Å². The lowest BCUT2D eigenvalue weighted by atomic mass is 10.1. The molecule has 2 rings (SSSR count). The van der Waals surface area contributed by atoms with E-state index in [1.54, 1.807) is 38.3 Å². The number of carbonyl (C=O) groups is 2. The molecule has 0 fully saturated rings. The van der Waals surface area contributed by atoms with Gasteiger partial charge in [0.25, 0.3) is 0 Å². The molecule has 0 bridgehead atoms. The number of amides is 2. The third-order valence-electron chi connectivity index (χ3n) is 5.50. The van der Waals surface area contributed by atoms with E-state index in [1.807, 2.05) is 6.92 Å². The standard InChI is InChI=1S/C25H34FN3O5S/c1-5-7-15-27-25(31)23(6-2)28(17-19-11-13-22(34-3)14-12-19)24(30)18-29(35(4,32)33)21-10-8-9-20(26)16-21/h8-14,16,23H,5-7,15,17-18H2,1-4H3,(H,27,31)/t23-/m0/s1. The van der Waals surface area contributed by atoms with E-state index in [0.29, 0.717) is 18.7 Å². The van der Waals surface area contributed by atoms with Crippen molar-refractivity contribution in [2.24, 2.45) is 0 Å². The second-order valence-electron chi connectivity index (χ2n) is 8.19. The van der Waals surface area contributed by atoms with Crippen molar-refractivity contribution in [2.75, 3.05) is 30.8 Å². The maximum atomic E-state index is 13.8. The SMILES string of the molecule is CCCCNC(=O)[C@H](CC)N(Cc1ccc(OC)cc1)C(=O)CN(c1cccc(F)c1)S(C)(=O)=O. The molecule has 0 aliphatic rings. The van der Waals surface area contributed by atoms with E-state index >= 15 is 0 Å². The van der Waals surface area contributed by atoms with Crippen LogP contribution in [0.25, 0.3) is 0 Å². The fraction of sp³-hybridized carbons (Fsp3) is 0.440. The third kappa shape index (κ3) is 8.24. The van der Waals surface area contributed by atoms with E-state index in [2.05, 4.69) is 5.32 Å². The molecule has 35 heavy (non-hydrogen) atoms. The summed E-state index contributed by atoms with van der Waals surface area (Å²) in [5.74, 6) is -0.863. The second-order valence-corrected chi connectivity index (χ2v) is 10.1. The molecule has 192 valence electrons. The van der Waals surface area contributed by atoms with E-state index in [-0.39, 0.29) is 18.1 Å². The highest BCUT2D eigenvalue weighted by Crippen LogP contribution is 2.21. The molecule has 1 atom stereocenters. The Morgan fingerprint density at radius 2 is 1.80 bits per heavy atom. The zero-order chi connectivity index (χ0) is 26.0. The van der Waals surface area contributed by atoms with Gasteiger partial charge in [0.2, 0.25) is 21.8 Å². The number of methoxy groups -OCH3 is 1. The van der Waals surface area contributed by atoms with Crippen LogP contribution in [0.15, 0.2) is 48.5 Å². The van der Waals surface area contributed by atoms with Gasteiger partial charge in [0.05, 0.1) is 19.1 Å². The molecule has 0 radical (unpaired) electrons. The van der Waals surface area contributed by atoms with Crippen LogP contribution in [0.1, 0.15) is 38.7 Å². The van der Waals surface area contributed by atoms with Gasteiger partial charge >= 0.3 is 0 Å². The van der Waals surface area contributed by atoms with Crippen LogP contribution in [-0.2, 0) is 26.2 Å². The molecule has 0 spiro atoms. The highest BCUT2D eigenvalue weighted by molar-refractivity contribution is 7.92. The highest BCUT2D eigenvalue weighted by atomic mass is 32.2. The number of hydrogen-bond donors (Lipinski definition) is 1. The summed E-state index contributed by atoms with van der Waals surface area (Å²) in [6, 6.07) is 11.3. The number of rotatable bonds is 13. The normalized spacial score (nSPS) is 12.0. The Labute approximate surface area is 207 Å². The van der Waals surface area contributed by atoms with Gasteiger partial charge in [-0.3, -0.25) is 13.9 Å². The lowest BCUT2D eigenvalue weighted by Crippen LogP contribution is -2.52. The van der Waals surface area contributed by atoms with Gasteiger partial charge in [0.1, 0.15) is 24.2 Å². The molecule has 0 heterocycles. The first kappa shape index (κ1) is 28.1. The van der Waals surface area contributed by atoms with Crippen molar-refractivity contribution in [3.8, 4) is 5.75 Å². The highest BCUT2D eigenvalue weighted by Gasteiger charge is 2.31. The summed E-state index contributed by atoms with van der Waals surface area (Å²) >= 11 is 0. The first-order valence-electron chi connectivity index (χ1n) is 11.5. The zero-order valence-electron chi connectivity index (χ0n) is 20.7. The van der Waals surface area contributed by atoms with Crippen LogP contribution < -0.4 is 14.4 Å². The lowest BCUT2D eigenvalue weighted by Gasteiger charge is -2.33. The Kier molecular flexibility index (Phi) is 10.5. The van der Waals surface area contributed by atoms with Gasteiger partial charge in [0.15, 0.2) is 0 Å². The second kappa shape index (κ2) is 13.1. The molecular weight excluding hydrogens is 473 g/mol. The van der Waals surface area contributed by atoms with Crippen molar-refractivity contribution in [1.82, 2.24) is 10.2 Å². The summed E-state index contributed by atoms with van der Waals surface area (Å²) in [6.45, 7) is 3.80. The van der Waals surface area contributed by atoms with Gasteiger partial charge in [-0.05, 0) is 48.7 Å². The maximum absolute atomic E-state index is 13.8. The van der Waals surface area contributed by atoms with Gasteiger partial charge in [-0.25, -0.2) is 12.8 Å². The van der Waals surface area contributed by atoms with Crippen molar-refractivity contribution in [1.29, 1.82) is 0 Å². The predicted molar refractivity (Wildman–Crippen MR) is 134 cm³/mol. The summed E-state index contributed by atoms with van der Waals surface area (Å²) in [7, 11) is -2.37. The minimum absolute atomic E-state index is 0.0330. The van der Waals surface area contributed by atoms with Gasteiger partial charge in [-0.15, -0.1) is 0 Å². The molecule has 1 N–H and O–H groups in total. The van der Waals surface area contributed by atoms with E-state index in [1.165, 1.54) is 23.1 Å². The average molecular weight is 508 g/mol. The average Bonchev–Trinajstić information content (AvgIpc) is 2.82. The summed E-state index contributed by atoms with van der Waals surface area (Å²) in [5, 5.41) is 2.86. The van der Waals surface area contributed by atoms with Gasteiger partial charge < -0.3 is 15.0 Å². The molecule has 0 saturated heterocycles. The number of halogens is 1. The van der Waals surface area contributed by atoms with Gasteiger partial charge in [0, 0.05) is 13.1 Å². The molecule has 8 nitrogen and oxygen atoms in total. The van der Waals surface area contributed by atoms with Crippen molar-refractivity contribution in [3.05, 3.63) is 59.9 Å². The van der Waals surface area contributed by atoms with Crippen molar-refractivity contribution >= 4 is 27.5 Å². The molecule has 0 aromatic heterocycles. The van der Waals surface area contributed by atoms with Gasteiger partial charge in [-0.1, -0.05) is 38.5 Å². The Hall–Kier alpha value is -3.14. The Morgan fingerprint density at radius 1 is 1.11 bits per heavy atom. The summed E-state index contributed by atoms with van der Waals surface area (Å²) in [6.07, 6.45) is 2.99. The smallest absolute Gasteiger partial charge is 0.244 e. The monoisotopic (exact) mass is 507 g/mol. The number of ether oxygens (including phenoxy) is 1. The first-order chi connectivity index (χ1) is 16.6. The van der Waals surface area contributed by atoms with Gasteiger partial charge in [-0.2, -0.15) is 0 Å². The van der Waals surface area contributed by atoms with Crippen LogP contribution in [0.3, 0.4) is 0 Å². The Morgan fingerprint density at radius 3 is 2.34 bits per heavy atom. The molecule has 0 saturated carbocycles. The number of carbonyl (C=O) groups excluding carboxylic acids is 2.